The molecule has 2 aromatic carbocycles. The predicted octanol–water partition coefficient (Wildman–Crippen LogP) is 5.34. The summed E-state index contributed by atoms with van der Waals surface area (Å²) < 4.78 is 116. The summed E-state index contributed by atoms with van der Waals surface area (Å²) in [6.45, 7) is 2.94. The molecule has 2 aromatic rings. The molecule has 0 aliphatic carbocycles. The maximum absolute atomic E-state index is 14.0. The van der Waals surface area contributed by atoms with Crippen molar-refractivity contribution in [3.63, 3.8) is 0 Å². The van der Waals surface area contributed by atoms with E-state index in [-0.39, 0.29) is 0 Å². The highest BCUT2D eigenvalue weighted by Gasteiger charge is 2.33. The molecule has 0 atom stereocenters. The number of ether oxygens (including phenoxy) is 2. The van der Waals surface area contributed by atoms with Crippen molar-refractivity contribution >= 4 is 17.6 Å². The zero-order chi connectivity index (χ0) is 20.6. The number of rotatable bonds is 4. The lowest BCUT2D eigenvalue weighted by Crippen LogP contribution is -2.10. The molecule has 0 heterocycles. The van der Waals surface area contributed by atoms with Crippen LogP contribution in [-0.2, 0) is 4.79 Å². The fourth-order valence-electron chi connectivity index (χ4n) is 1.69. The first-order valence-corrected chi connectivity index (χ1v) is 6.80. The van der Waals surface area contributed by atoms with Gasteiger partial charge in [-0.15, -0.1) is 0 Å². The molecular weight excluding hydrogens is 416 g/mol. The normalized spacial score (nSPS) is 10.7. The van der Waals surface area contributed by atoms with E-state index in [4.69, 9.17) is 11.6 Å². The monoisotopic (exact) mass is 418 g/mol. The molecule has 3 nitrogen and oxygen atoms in total. The number of hydrogen-bond donors (Lipinski definition) is 0. The molecule has 0 aromatic heterocycles. The molecule has 0 N–H and O–H groups in total. The average molecular weight is 419 g/mol. The van der Waals surface area contributed by atoms with Crippen LogP contribution >= 0.6 is 11.6 Å². The van der Waals surface area contributed by atoms with Gasteiger partial charge in [0.2, 0.25) is 46.4 Å². The third kappa shape index (κ3) is 3.42. The molecule has 0 amide bonds. The number of esters is 1. The summed E-state index contributed by atoms with van der Waals surface area (Å²) in [5.41, 5.74) is 0. The van der Waals surface area contributed by atoms with E-state index in [1.54, 1.807) is 0 Å². The van der Waals surface area contributed by atoms with Crippen LogP contribution in [0.3, 0.4) is 0 Å². The SMILES string of the molecule is C=CC(=O)Oc1c(Cl)c(F)c(F)c(F)c1Oc1c(F)c(F)c(F)c(F)c1F. The number of halogens is 9. The zero-order valence-electron chi connectivity index (χ0n) is 12.4. The van der Waals surface area contributed by atoms with Gasteiger partial charge in [0.25, 0.3) is 0 Å². The van der Waals surface area contributed by atoms with E-state index in [1.807, 2.05) is 0 Å². The lowest BCUT2D eigenvalue weighted by Gasteiger charge is -2.15. The van der Waals surface area contributed by atoms with Crippen molar-refractivity contribution in [3.8, 4) is 17.2 Å². The van der Waals surface area contributed by atoms with Gasteiger partial charge in [-0.05, 0) is 0 Å². The lowest BCUT2D eigenvalue weighted by atomic mass is 10.2. The van der Waals surface area contributed by atoms with Gasteiger partial charge in [-0.25, -0.2) is 26.7 Å². The van der Waals surface area contributed by atoms with Crippen molar-refractivity contribution in [3.05, 3.63) is 64.2 Å². The third-order valence-corrected chi connectivity index (χ3v) is 3.26. The van der Waals surface area contributed by atoms with Crippen molar-refractivity contribution < 1.29 is 49.4 Å². The molecule has 0 fully saturated rings. The molecule has 0 aliphatic rings. The molecule has 0 unspecified atom stereocenters. The summed E-state index contributed by atoms with van der Waals surface area (Å²) in [6, 6.07) is 0. The maximum atomic E-state index is 14.0. The van der Waals surface area contributed by atoms with Crippen LogP contribution in [0.15, 0.2) is 12.7 Å². The second-order valence-electron chi connectivity index (χ2n) is 4.54. The van der Waals surface area contributed by atoms with E-state index in [0.717, 1.165) is 0 Å². The summed E-state index contributed by atoms with van der Waals surface area (Å²) >= 11 is 5.34. The molecule has 0 bridgehead atoms. The fourth-order valence-corrected chi connectivity index (χ4v) is 1.90. The molecule has 27 heavy (non-hydrogen) atoms. The van der Waals surface area contributed by atoms with E-state index >= 15 is 0 Å². The van der Waals surface area contributed by atoms with Gasteiger partial charge < -0.3 is 9.47 Å². The van der Waals surface area contributed by atoms with E-state index < -0.39 is 74.8 Å². The van der Waals surface area contributed by atoms with Gasteiger partial charge in [-0.2, -0.15) is 13.2 Å². The number of carbonyl (C=O) groups is 1. The molecule has 0 aliphatic heterocycles. The zero-order valence-corrected chi connectivity index (χ0v) is 13.2. The van der Waals surface area contributed by atoms with E-state index in [0.29, 0.717) is 6.08 Å². The summed E-state index contributed by atoms with van der Waals surface area (Å²) in [5, 5.41) is -1.41. The summed E-state index contributed by atoms with van der Waals surface area (Å²) in [7, 11) is 0. The number of hydrogen-bond acceptors (Lipinski definition) is 3. The topological polar surface area (TPSA) is 35.5 Å². The molecule has 12 heteroatoms. The number of benzene rings is 2. The minimum atomic E-state index is -2.56. The molecule has 0 radical (unpaired) electrons. The molecule has 0 spiro atoms. The highest BCUT2D eigenvalue weighted by atomic mass is 35.5. The van der Waals surface area contributed by atoms with Gasteiger partial charge in [0.05, 0.1) is 0 Å². The molecule has 0 saturated carbocycles. The Morgan fingerprint density at radius 3 is 1.59 bits per heavy atom. The Balaban J connectivity index is 2.77. The second-order valence-corrected chi connectivity index (χ2v) is 4.92. The molecule has 0 saturated heterocycles. The second kappa shape index (κ2) is 7.43. The largest absolute Gasteiger partial charge is 0.444 e. The van der Waals surface area contributed by atoms with Crippen LogP contribution < -0.4 is 9.47 Å². The highest BCUT2D eigenvalue weighted by Crippen LogP contribution is 2.44. The summed E-state index contributed by atoms with van der Waals surface area (Å²) in [4.78, 5) is 11.2. The van der Waals surface area contributed by atoms with Crippen LogP contribution in [0.25, 0.3) is 0 Å². The Hall–Kier alpha value is -2.82. The van der Waals surface area contributed by atoms with E-state index in [9.17, 15) is 39.9 Å². The Morgan fingerprint density at radius 2 is 1.11 bits per heavy atom. The average Bonchev–Trinajstić information content (AvgIpc) is 2.66. The van der Waals surface area contributed by atoms with Crippen LogP contribution in [-0.4, -0.2) is 5.97 Å². The minimum Gasteiger partial charge on any atom is -0.444 e. The van der Waals surface area contributed by atoms with Crippen molar-refractivity contribution in [1.29, 1.82) is 0 Å². The van der Waals surface area contributed by atoms with Crippen molar-refractivity contribution in [2.45, 2.75) is 0 Å². The summed E-state index contributed by atoms with van der Waals surface area (Å²) in [6.07, 6.45) is 0.456. The Labute approximate surface area is 149 Å². The first-order chi connectivity index (χ1) is 12.5. The standard InChI is InChI=1S/C15H3ClF8O3/c1-2-3(25)26-13-4(16)5(17)6(18)12(24)15(13)27-14-10(22)8(20)7(19)9(21)11(14)23/h2H,1H2. The van der Waals surface area contributed by atoms with Crippen molar-refractivity contribution in [1.82, 2.24) is 0 Å². The molecule has 144 valence electrons. The Kier molecular flexibility index (Phi) is 5.64. The Bertz CT molecular complexity index is 948. The van der Waals surface area contributed by atoms with Crippen molar-refractivity contribution in [2.75, 3.05) is 0 Å². The van der Waals surface area contributed by atoms with Gasteiger partial charge in [0.15, 0.2) is 17.4 Å². The predicted molar refractivity (Wildman–Crippen MR) is 73.5 cm³/mol. The van der Waals surface area contributed by atoms with Crippen molar-refractivity contribution in [2.24, 2.45) is 0 Å². The van der Waals surface area contributed by atoms with Crippen LogP contribution in [0.5, 0.6) is 17.2 Å². The van der Waals surface area contributed by atoms with Gasteiger partial charge in [-0.3, -0.25) is 0 Å². The van der Waals surface area contributed by atoms with Crippen LogP contribution in [0, 0.1) is 46.5 Å². The van der Waals surface area contributed by atoms with Gasteiger partial charge in [0, 0.05) is 6.08 Å². The first-order valence-electron chi connectivity index (χ1n) is 6.42. The van der Waals surface area contributed by atoms with Crippen LogP contribution in [0.2, 0.25) is 5.02 Å². The molecular formula is C15H3ClF8O3. The smallest absolute Gasteiger partial charge is 0.335 e. The molecule has 2 rings (SSSR count). The highest BCUT2D eigenvalue weighted by molar-refractivity contribution is 6.32. The van der Waals surface area contributed by atoms with E-state index in [2.05, 4.69) is 16.1 Å². The maximum Gasteiger partial charge on any atom is 0.335 e. The van der Waals surface area contributed by atoms with Gasteiger partial charge in [-0.1, -0.05) is 18.2 Å². The Morgan fingerprint density at radius 1 is 0.704 bits per heavy atom. The number of carbonyl (C=O) groups excluding carboxylic acids is 1. The van der Waals surface area contributed by atoms with Gasteiger partial charge in [0.1, 0.15) is 5.02 Å². The summed E-state index contributed by atoms with van der Waals surface area (Å²) in [5.74, 6) is -26.0. The quantitative estimate of drug-likeness (QED) is 0.168. The van der Waals surface area contributed by atoms with Crippen LogP contribution in [0.1, 0.15) is 0 Å². The third-order valence-electron chi connectivity index (χ3n) is 2.93. The lowest BCUT2D eigenvalue weighted by molar-refractivity contribution is -0.129. The minimum absolute atomic E-state index is 0.456. The fraction of sp³-hybridized carbons (Fsp3) is 0. The van der Waals surface area contributed by atoms with Gasteiger partial charge >= 0.3 is 5.97 Å². The van der Waals surface area contributed by atoms with E-state index in [1.165, 1.54) is 0 Å². The first kappa shape index (κ1) is 20.5. The van der Waals surface area contributed by atoms with Crippen LogP contribution in [0.4, 0.5) is 35.1 Å².